The van der Waals surface area contributed by atoms with Gasteiger partial charge in [0.15, 0.2) is 0 Å². The van der Waals surface area contributed by atoms with Crippen molar-refractivity contribution < 1.29 is 15.1 Å². The van der Waals surface area contributed by atoms with E-state index in [1.54, 1.807) is 18.2 Å². The van der Waals surface area contributed by atoms with Gasteiger partial charge in [0.2, 0.25) is 5.91 Å². The predicted octanol–water partition coefficient (Wildman–Crippen LogP) is 2.26. The maximum atomic E-state index is 11.2. The zero-order valence-corrected chi connectivity index (χ0v) is 10.0. The molecule has 1 aromatic carbocycles. The monoisotopic (exact) mass is 263 g/mol. The van der Waals surface area contributed by atoms with Crippen LogP contribution in [0.5, 0.6) is 0 Å². The van der Waals surface area contributed by atoms with Crippen molar-refractivity contribution in [2.45, 2.75) is 12.5 Å². The average Bonchev–Trinajstić information content (AvgIpc) is 2.21. The van der Waals surface area contributed by atoms with E-state index in [0.717, 1.165) is 0 Å². The van der Waals surface area contributed by atoms with Crippen LogP contribution in [-0.2, 0) is 4.79 Å². The first-order chi connectivity index (χ1) is 7.43. The summed E-state index contributed by atoms with van der Waals surface area (Å²) in [6, 6.07) is 4.78. The van der Waals surface area contributed by atoms with Crippen LogP contribution in [0, 0.1) is 0 Å². The lowest BCUT2D eigenvalue weighted by atomic mass is 10.1. The van der Waals surface area contributed by atoms with E-state index in [1.165, 1.54) is 7.05 Å². The Hall–Kier alpha value is -0.810. The normalized spacial score (nSPS) is 12.3. The standard InChI is InChI=1S/C10H11Cl2NO3/c1-13(16)9(15)5-8(14)6-3-2-4-7(11)10(6)12/h2-4,8,14,16H,5H2,1H3. The number of halogens is 2. The number of rotatable bonds is 3. The third kappa shape index (κ3) is 3.09. The lowest BCUT2D eigenvalue weighted by Gasteiger charge is -2.15. The van der Waals surface area contributed by atoms with E-state index in [0.29, 0.717) is 15.6 Å². The van der Waals surface area contributed by atoms with Crippen molar-refractivity contribution >= 4 is 29.1 Å². The smallest absolute Gasteiger partial charge is 0.248 e. The van der Waals surface area contributed by atoms with Crippen LogP contribution in [-0.4, -0.2) is 28.3 Å². The van der Waals surface area contributed by atoms with Crippen LogP contribution < -0.4 is 0 Å². The highest BCUT2D eigenvalue weighted by atomic mass is 35.5. The summed E-state index contributed by atoms with van der Waals surface area (Å²) in [5.41, 5.74) is 0.365. The summed E-state index contributed by atoms with van der Waals surface area (Å²) in [4.78, 5) is 11.2. The summed E-state index contributed by atoms with van der Waals surface area (Å²) in [5, 5.41) is 19.5. The number of aliphatic hydroxyl groups is 1. The number of hydrogen-bond acceptors (Lipinski definition) is 3. The molecule has 0 fully saturated rings. The number of aliphatic hydroxyl groups excluding tert-OH is 1. The number of carbonyl (C=O) groups is 1. The van der Waals surface area contributed by atoms with Gasteiger partial charge in [-0.1, -0.05) is 35.3 Å². The molecule has 1 amide bonds. The van der Waals surface area contributed by atoms with Crippen molar-refractivity contribution in [1.82, 2.24) is 5.06 Å². The van der Waals surface area contributed by atoms with E-state index >= 15 is 0 Å². The fraction of sp³-hybridized carbons (Fsp3) is 0.300. The Morgan fingerprint density at radius 2 is 2.12 bits per heavy atom. The highest BCUT2D eigenvalue weighted by Crippen LogP contribution is 2.31. The largest absolute Gasteiger partial charge is 0.388 e. The molecule has 0 saturated carbocycles. The van der Waals surface area contributed by atoms with Crippen LogP contribution in [0.4, 0.5) is 0 Å². The van der Waals surface area contributed by atoms with Crippen molar-refractivity contribution in [3.05, 3.63) is 33.8 Å². The Labute approximate surface area is 103 Å². The van der Waals surface area contributed by atoms with E-state index in [9.17, 15) is 9.90 Å². The molecular formula is C10H11Cl2NO3. The lowest BCUT2D eigenvalue weighted by molar-refractivity contribution is -0.161. The number of hydroxylamine groups is 2. The zero-order valence-electron chi connectivity index (χ0n) is 8.52. The van der Waals surface area contributed by atoms with Gasteiger partial charge in [0.25, 0.3) is 0 Å². The van der Waals surface area contributed by atoms with Gasteiger partial charge in [0, 0.05) is 12.6 Å². The fourth-order valence-electron chi connectivity index (χ4n) is 1.19. The SMILES string of the molecule is CN(O)C(=O)CC(O)c1cccc(Cl)c1Cl. The van der Waals surface area contributed by atoms with Gasteiger partial charge in [-0.3, -0.25) is 10.0 Å². The van der Waals surface area contributed by atoms with Crippen LogP contribution >= 0.6 is 23.2 Å². The van der Waals surface area contributed by atoms with Crippen LogP contribution in [0.15, 0.2) is 18.2 Å². The molecule has 88 valence electrons. The molecule has 1 atom stereocenters. The molecule has 6 heteroatoms. The number of benzene rings is 1. The molecule has 0 radical (unpaired) electrons. The molecule has 0 aliphatic rings. The Kier molecular flexibility index (Phi) is 4.56. The first-order valence-electron chi connectivity index (χ1n) is 4.51. The topological polar surface area (TPSA) is 60.8 Å². The van der Waals surface area contributed by atoms with Gasteiger partial charge < -0.3 is 5.11 Å². The number of hydrogen-bond donors (Lipinski definition) is 2. The molecule has 0 bridgehead atoms. The molecule has 1 aromatic rings. The summed E-state index contributed by atoms with van der Waals surface area (Å²) >= 11 is 11.6. The van der Waals surface area contributed by atoms with Crippen LogP contribution in [0.2, 0.25) is 10.0 Å². The van der Waals surface area contributed by atoms with Crippen LogP contribution in [0.1, 0.15) is 18.1 Å². The molecule has 1 rings (SSSR count). The van der Waals surface area contributed by atoms with Gasteiger partial charge in [-0.2, -0.15) is 0 Å². The zero-order chi connectivity index (χ0) is 12.3. The summed E-state index contributed by atoms with van der Waals surface area (Å²) in [6.45, 7) is 0. The molecule has 1 unspecified atom stereocenters. The first-order valence-corrected chi connectivity index (χ1v) is 5.26. The number of nitrogens with zero attached hydrogens (tertiary/aromatic N) is 1. The van der Waals surface area contributed by atoms with E-state index in [2.05, 4.69) is 0 Å². The van der Waals surface area contributed by atoms with Gasteiger partial charge in [-0.05, 0) is 6.07 Å². The first kappa shape index (κ1) is 13.3. The van der Waals surface area contributed by atoms with Crippen molar-refractivity contribution in [2.75, 3.05) is 7.05 Å². The third-order valence-electron chi connectivity index (χ3n) is 2.07. The van der Waals surface area contributed by atoms with Crippen LogP contribution in [0.3, 0.4) is 0 Å². The van der Waals surface area contributed by atoms with Crippen molar-refractivity contribution in [3.8, 4) is 0 Å². The maximum absolute atomic E-state index is 11.2. The molecule has 0 saturated heterocycles. The molecule has 0 heterocycles. The summed E-state index contributed by atoms with van der Waals surface area (Å²) < 4.78 is 0. The molecular weight excluding hydrogens is 253 g/mol. The van der Waals surface area contributed by atoms with Gasteiger partial charge >= 0.3 is 0 Å². The second-order valence-electron chi connectivity index (χ2n) is 3.28. The Morgan fingerprint density at radius 1 is 1.50 bits per heavy atom. The molecule has 0 spiro atoms. The minimum Gasteiger partial charge on any atom is -0.388 e. The van der Waals surface area contributed by atoms with Gasteiger partial charge in [-0.15, -0.1) is 0 Å². The molecule has 4 nitrogen and oxygen atoms in total. The maximum Gasteiger partial charge on any atom is 0.248 e. The number of carbonyl (C=O) groups excluding carboxylic acids is 1. The highest BCUT2D eigenvalue weighted by molar-refractivity contribution is 6.42. The molecule has 0 aliphatic carbocycles. The third-order valence-corrected chi connectivity index (χ3v) is 2.90. The predicted molar refractivity (Wildman–Crippen MR) is 60.6 cm³/mol. The summed E-state index contributed by atoms with van der Waals surface area (Å²) in [5.74, 6) is -0.608. The summed E-state index contributed by atoms with van der Waals surface area (Å²) in [7, 11) is 1.19. The molecule has 16 heavy (non-hydrogen) atoms. The van der Waals surface area contributed by atoms with Crippen LogP contribution in [0.25, 0.3) is 0 Å². The van der Waals surface area contributed by atoms with Gasteiger partial charge in [0.1, 0.15) is 0 Å². The summed E-state index contributed by atoms with van der Waals surface area (Å²) in [6.07, 6.45) is -1.35. The lowest BCUT2D eigenvalue weighted by Crippen LogP contribution is -2.24. The average molecular weight is 264 g/mol. The second kappa shape index (κ2) is 5.50. The van der Waals surface area contributed by atoms with E-state index in [4.69, 9.17) is 28.4 Å². The van der Waals surface area contributed by atoms with E-state index in [-0.39, 0.29) is 11.4 Å². The highest BCUT2D eigenvalue weighted by Gasteiger charge is 2.18. The van der Waals surface area contributed by atoms with Crippen molar-refractivity contribution in [3.63, 3.8) is 0 Å². The molecule has 0 aromatic heterocycles. The molecule has 2 N–H and O–H groups in total. The van der Waals surface area contributed by atoms with Crippen molar-refractivity contribution in [1.29, 1.82) is 0 Å². The minimum atomic E-state index is -1.09. The van der Waals surface area contributed by atoms with Gasteiger partial charge in [0.05, 0.1) is 22.6 Å². The Morgan fingerprint density at radius 3 is 2.69 bits per heavy atom. The number of amides is 1. The van der Waals surface area contributed by atoms with E-state index in [1.807, 2.05) is 0 Å². The molecule has 0 aliphatic heterocycles. The Balaban J connectivity index is 2.85. The van der Waals surface area contributed by atoms with E-state index < -0.39 is 12.0 Å². The fourth-order valence-corrected chi connectivity index (χ4v) is 1.62. The second-order valence-corrected chi connectivity index (χ2v) is 4.07. The Bertz CT molecular complexity index is 396. The van der Waals surface area contributed by atoms with Gasteiger partial charge in [-0.25, -0.2) is 5.06 Å². The quantitative estimate of drug-likeness (QED) is 0.650. The minimum absolute atomic E-state index is 0.213. The van der Waals surface area contributed by atoms with Crippen molar-refractivity contribution in [2.24, 2.45) is 0 Å².